The minimum atomic E-state index is -0.333. The van der Waals surface area contributed by atoms with Crippen molar-refractivity contribution in [3.8, 4) is 11.1 Å². The number of hydrogen-bond donors (Lipinski definition) is 2. The van der Waals surface area contributed by atoms with E-state index in [1.165, 1.54) is 0 Å². The maximum Gasteiger partial charge on any atom is 0.291 e. The van der Waals surface area contributed by atoms with E-state index in [1.807, 2.05) is 79.7 Å². The predicted octanol–water partition coefficient (Wildman–Crippen LogP) is 6.53. The number of nitrogens with one attached hydrogen (secondary N) is 2. The molecule has 2 amide bonds. The summed E-state index contributed by atoms with van der Waals surface area (Å²) in [4.78, 5) is 30.4. The molecule has 0 unspecified atom stereocenters. The summed E-state index contributed by atoms with van der Waals surface area (Å²) >= 11 is 0. The zero-order chi connectivity index (χ0) is 26.8. The fourth-order valence-corrected chi connectivity index (χ4v) is 5.02. The highest BCUT2D eigenvalue weighted by Gasteiger charge is 2.28. The average Bonchev–Trinajstić information content (AvgIpc) is 3.33. The Kier molecular flexibility index (Phi) is 6.47. The molecule has 1 aliphatic carbocycles. The lowest BCUT2D eigenvalue weighted by molar-refractivity contribution is 0.0953. The Morgan fingerprint density at radius 1 is 0.846 bits per heavy atom. The molecule has 0 aliphatic heterocycles. The quantitative estimate of drug-likeness (QED) is 0.261. The van der Waals surface area contributed by atoms with E-state index in [0.717, 1.165) is 34.0 Å². The van der Waals surface area contributed by atoms with Crippen molar-refractivity contribution in [2.75, 3.05) is 5.32 Å². The van der Waals surface area contributed by atoms with Crippen LogP contribution >= 0.6 is 0 Å². The Labute approximate surface area is 225 Å². The Balaban J connectivity index is 1.21. The highest BCUT2D eigenvalue weighted by Crippen LogP contribution is 2.31. The molecule has 0 saturated carbocycles. The van der Waals surface area contributed by atoms with Gasteiger partial charge in [-0.3, -0.25) is 14.6 Å². The largest absolute Gasteiger partial charge is 0.455 e. The number of aryl methyl sites for hydroxylation is 1. The van der Waals surface area contributed by atoms with Crippen LogP contribution in [0.25, 0.3) is 22.0 Å². The van der Waals surface area contributed by atoms with Crippen LogP contribution in [-0.4, -0.2) is 22.5 Å². The number of hydrogen-bond acceptors (Lipinski definition) is 5. The van der Waals surface area contributed by atoms with Crippen LogP contribution in [0, 0.1) is 6.92 Å². The molecule has 3 aromatic carbocycles. The van der Waals surface area contributed by atoms with Crippen LogP contribution < -0.4 is 10.7 Å². The van der Waals surface area contributed by atoms with Crippen molar-refractivity contribution < 1.29 is 14.0 Å². The van der Waals surface area contributed by atoms with E-state index in [2.05, 4.69) is 20.8 Å². The van der Waals surface area contributed by atoms with E-state index in [1.54, 1.807) is 18.3 Å². The fourth-order valence-electron chi connectivity index (χ4n) is 5.02. The first kappa shape index (κ1) is 24.3. The summed E-state index contributed by atoms with van der Waals surface area (Å²) in [6, 6.07) is 26.8. The first-order chi connectivity index (χ1) is 19.1. The van der Waals surface area contributed by atoms with Crippen molar-refractivity contribution >= 4 is 34.1 Å². The molecule has 0 bridgehead atoms. The number of pyridine rings is 1. The average molecular weight is 515 g/mol. The van der Waals surface area contributed by atoms with Gasteiger partial charge in [-0.05, 0) is 67.3 Å². The molecule has 6 rings (SSSR count). The summed E-state index contributed by atoms with van der Waals surface area (Å²) < 4.78 is 6.04. The Hall–Kier alpha value is -5.04. The van der Waals surface area contributed by atoms with Crippen molar-refractivity contribution in [3.63, 3.8) is 0 Å². The molecule has 5 aromatic rings. The number of carbonyl (C=O) groups excluding carboxylic acids is 2. The van der Waals surface area contributed by atoms with Gasteiger partial charge in [0.05, 0.1) is 16.9 Å². The van der Waals surface area contributed by atoms with Crippen molar-refractivity contribution in [3.05, 3.63) is 119 Å². The first-order valence-electron chi connectivity index (χ1n) is 12.9. The summed E-state index contributed by atoms with van der Waals surface area (Å²) in [6.45, 7) is 1.85. The summed E-state index contributed by atoms with van der Waals surface area (Å²) in [5.74, 6) is 0.333. The van der Waals surface area contributed by atoms with E-state index >= 15 is 0 Å². The summed E-state index contributed by atoms with van der Waals surface area (Å²) in [5.41, 5.74) is 9.02. The number of nitrogens with zero attached hydrogens (tertiary/aromatic N) is 2. The highest BCUT2D eigenvalue weighted by atomic mass is 16.4. The lowest BCUT2D eigenvalue weighted by Gasteiger charge is -2.13. The third-order valence-electron chi connectivity index (χ3n) is 6.97. The number of hydrazone groups is 1. The molecule has 192 valence electrons. The maximum atomic E-state index is 13.2. The molecule has 1 aliphatic rings. The minimum absolute atomic E-state index is 0.248. The number of fused-ring (bicyclic) bond motifs is 2. The van der Waals surface area contributed by atoms with Crippen LogP contribution in [0.4, 0.5) is 5.69 Å². The third kappa shape index (κ3) is 4.82. The van der Waals surface area contributed by atoms with Gasteiger partial charge in [-0.15, -0.1) is 0 Å². The molecule has 2 N–H and O–H groups in total. The minimum Gasteiger partial charge on any atom is -0.455 e. The number of anilines is 1. The van der Waals surface area contributed by atoms with Crippen LogP contribution in [0.1, 0.15) is 50.6 Å². The topological polar surface area (TPSA) is 96.6 Å². The van der Waals surface area contributed by atoms with Gasteiger partial charge in [-0.1, -0.05) is 48.5 Å². The van der Waals surface area contributed by atoms with Crippen molar-refractivity contribution in [1.29, 1.82) is 0 Å². The molecule has 2 heterocycles. The van der Waals surface area contributed by atoms with Crippen molar-refractivity contribution in [2.24, 2.45) is 5.10 Å². The normalized spacial score (nSPS) is 13.7. The zero-order valence-corrected chi connectivity index (χ0v) is 21.4. The number of amides is 2. The van der Waals surface area contributed by atoms with Crippen LogP contribution in [0.2, 0.25) is 0 Å². The molecule has 7 heteroatoms. The molecule has 0 saturated heterocycles. The Morgan fingerprint density at radius 3 is 2.46 bits per heavy atom. The van der Waals surface area contributed by atoms with Gasteiger partial charge in [0.1, 0.15) is 5.76 Å². The van der Waals surface area contributed by atoms with E-state index < -0.39 is 0 Å². The zero-order valence-electron chi connectivity index (χ0n) is 21.4. The van der Waals surface area contributed by atoms with E-state index in [9.17, 15) is 9.59 Å². The van der Waals surface area contributed by atoms with Crippen LogP contribution in [0.15, 0.2) is 101 Å². The Morgan fingerprint density at radius 2 is 1.64 bits per heavy atom. The fraction of sp³-hybridized carbons (Fsp3) is 0.125. The standard InChI is InChI=1S/C32H26N4O3/c1-20-29-27(35-36-31(37)23-17-15-22(16-18-23)21-8-3-2-4-9-21)13-6-14-28(29)39-30(20)32(38)34-26-12-5-11-25-24(26)10-7-19-33-25/h2-5,7-12,15-19H,6,13-14H2,1H3,(H,34,38)(H,36,37)/b35-27+. The number of rotatable bonds is 5. The molecular formula is C32H26N4O3. The second-order valence-corrected chi connectivity index (χ2v) is 9.48. The molecule has 0 spiro atoms. The SMILES string of the molecule is Cc1c(C(=O)Nc2cccc3ncccc23)oc2c1/C(=N/NC(=O)c1ccc(-c3ccccc3)cc1)CCC2. The van der Waals surface area contributed by atoms with Gasteiger partial charge in [0, 0.05) is 34.7 Å². The molecule has 2 aromatic heterocycles. The van der Waals surface area contributed by atoms with E-state index in [0.29, 0.717) is 41.1 Å². The van der Waals surface area contributed by atoms with Crippen LogP contribution in [-0.2, 0) is 6.42 Å². The smallest absolute Gasteiger partial charge is 0.291 e. The number of furan rings is 1. The lowest BCUT2D eigenvalue weighted by atomic mass is 9.93. The highest BCUT2D eigenvalue weighted by molar-refractivity contribution is 6.11. The third-order valence-corrected chi connectivity index (χ3v) is 6.97. The Bertz CT molecular complexity index is 1710. The van der Waals surface area contributed by atoms with Crippen LogP contribution in [0.5, 0.6) is 0 Å². The summed E-state index contributed by atoms with van der Waals surface area (Å²) in [6.07, 6.45) is 3.92. The van der Waals surface area contributed by atoms with Gasteiger partial charge in [0.25, 0.3) is 11.8 Å². The van der Waals surface area contributed by atoms with Gasteiger partial charge in [0.15, 0.2) is 5.76 Å². The van der Waals surface area contributed by atoms with Gasteiger partial charge in [-0.2, -0.15) is 5.10 Å². The molecule has 39 heavy (non-hydrogen) atoms. The van der Waals surface area contributed by atoms with Crippen molar-refractivity contribution in [1.82, 2.24) is 10.4 Å². The number of aromatic nitrogens is 1. The van der Waals surface area contributed by atoms with Gasteiger partial charge >= 0.3 is 0 Å². The molecule has 0 radical (unpaired) electrons. The first-order valence-corrected chi connectivity index (χ1v) is 12.9. The second kappa shape index (κ2) is 10.4. The number of benzene rings is 3. The van der Waals surface area contributed by atoms with Gasteiger partial charge in [0.2, 0.25) is 0 Å². The molecular weight excluding hydrogens is 488 g/mol. The number of carbonyl (C=O) groups is 2. The lowest BCUT2D eigenvalue weighted by Crippen LogP contribution is -2.22. The van der Waals surface area contributed by atoms with E-state index in [-0.39, 0.29) is 17.6 Å². The van der Waals surface area contributed by atoms with Gasteiger partial charge in [-0.25, -0.2) is 5.43 Å². The maximum absolute atomic E-state index is 13.2. The molecule has 0 fully saturated rings. The van der Waals surface area contributed by atoms with Crippen LogP contribution in [0.3, 0.4) is 0 Å². The monoisotopic (exact) mass is 514 g/mol. The molecule has 0 atom stereocenters. The van der Waals surface area contributed by atoms with Gasteiger partial charge < -0.3 is 9.73 Å². The summed E-state index contributed by atoms with van der Waals surface area (Å²) in [5, 5.41) is 8.28. The predicted molar refractivity (Wildman–Crippen MR) is 152 cm³/mol. The second-order valence-electron chi connectivity index (χ2n) is 9.48. The summed E-state index contributed by atoms with van der Waals surface area (Å²) in [7, 11) is 0. The van der Waals surface area contributed by atoms with E-state index in [4.69, 9.17) is 4.42 Å². The van der Waals surface area contributed by atoms with Crippen molar-refractivity contribution in [2.45, 2.75) is 26.2 Å². The molecule has 7 nitrogen and oxygen atoms in total.